The molecule has 3 aliphatic rings. The van der Waals surface area contributed by atoms with Crippen LogP contribution in [0.2, 0.25) is 10.3 Å². The van der Waals surface area contributed by atoms with Crippen LogP contribution in [0.4, 0.5) is 0 Å². The number of hydrogen-bond acceptors (Lipinski definition) is 8. The van der Waals surface area contributed by atoms with Crippen molar-refractivity contribution < 1.29 is 29.7 Å². The van der Waals surface area contributed by atoms with Gasteiger partial charge in [-0.05, 0) is 190 Å². The molecule has 8 nitrogen and oxygen atoms in total. The molecule has 0 amide bonds. The summed E-state index contributed by atoms with van der Waals surface area (Å²) in [5.41, 5.74) is 2.04. The molecule has 124 heavy (non-hydrogen) atoms. The Morgan fingerprint density at radius 3 is 0.782 bits per heavy atom. The van der Waals surface area contributed by atoms with Gasteiger partial charge in [-0.1, -0.05) is 437 Å². The van der Waals surface area contributed by atoms with E-state index in [0.29, 0.717) is 10.3 Å². The maximum Gasteiger partial charge on any atom is 0.498 e. The first-order chi connectivity index (χ1) is 59.7. The summed E-state index contributed by atoms with van der Waals surface area (Å²) in [6, 6.07) is 149. The second-order valence-corrected chi connectivity index (χ2v) is 39.8. The predicted molar refractivity (Wildman–Crippen MR) is 534 cm³/mol. The van der Waals surface area contributed by atoms with Crippen molar-refractivity contribution in [1.29, 1.82) is 0 Å². The second-order valence-electron chi connectivity index (χ2n) is 29.3. The average Bonchev–Trinajstić information content (AvgIpc) is 1.61. The summed E-state index contributed by atoms with van der Waals surface area (Å²) in [6.07, 6.45) is 5.46. The van der Waals surface area contributed by atoms with Gasteiger partial charge in [0.05, 0.1) is 32.6 Å². The van der Waals surface area contributed by atoms with Crippen LogP contribution >= 0.6 is 70.8 Å². The largest absolute Gasteiger partial charge is 0.498 e. The molecular formula is C107H100BBrCl2N6O2P4Pd. The van der Waals surface area contributed by atoms with Gasteiger partial charge in [-0.15, -0.1) is 0 Å². The Morgan fingerprint density at radius 2 is 0.532 bits per heavy atom. The third kappa shape index (κ3) is 26.3. The molecule has 2 atom stereocenters. The van der Waals surface area contributed by atoms with Crippen molar-refractivity contribution in [3.05, 3.63) is 473 Å². The fourth-order valence-corrected chi connectivity index (χ4v) is 23.5. The number of hydrogen-bond donors (Lipinski definition) is 0. The number of aromatic nitrogens is 2. The Bertz CT molecular complexity index is 5280. The number of halogens is 3. The van der Waals surface area contributed by atoms with Crippen molar-refractivity contribution in [3.63, 3.8) is 0 Å². The van der Waals surface area contributed by atoms with Crippen molar-refractivity contribution in [2.45, 2.75) is 85.3 Å². The molecule has 1 saturated heterocycles. The van der Waals surface area contributed by atoms with Crippen LogP contribution in [0.5, 0.6) is 0 Å². The zero-order valence-corrected chi connectivity index (χ0v) is 77.7. The van der Waals surface area contributed by atoms with E-state index in [4.69, 9.17) is 32.5 Å². The average molecular weight is 1890 g/mol. The first kappa shape index (κ1) is 94.7. The third-order valence-corrected chi connectivity index (χ3v) is 31.2. The van der Waals surface area contributed by atoms with Crippen LogP contribution in [0, 0.1) is 0 Å². The zero-order valence-electron chi connectivity index (χ0n) is 69.5. The quantitative estimate of drug-likeness (QED) is 0.0547. The Balaban J connectivity index is 0.000000141. The molecule has 0 saturated carbocycles. The van der Waals surface area contributed by atoms with Gasteiger partial charge in [-0.25, -0.2) is 9.97 Å². The summed E-state index contributed by atoms with van der Waals surface area (Å²) in [5.74, 6) is 0. The van der Waals surface area contributed by atoms with Crippen molar-refractivity contribution in [2.24, 2.45) is 20.0 Å². The summed E-state index contributed by atoms with van der Waals surface area (Å²) < 4.78 is 12.8. The number of benzene rings is 14. The van der Waals surface area contributed by atoms with Gasteiger partial charge < -0.3 is 9.31 Å². The van der Waals surface area contributed by atoms with E-state index in [-0.39, 0.29) is 51.4 Å². The molecule has 14 aromatic carbocycles. The van der Waals surface area contributed by atoms with Crippen molar-refractivity contribution in [3.8, 4) is 11.1 Å². The van der Waals surface area contributed by atoms with Crippen LogP contribution in [-0.4, -0.2) is 40.6 Å². The second kappa shape index (κ2) is 48.5. The minimum absolute atomic E-state index is 0. The first-order valence-electron chi connectivity index (χ1n) is 40.9. The minimum Gasteiger partial charge on any atom is -0.399 e. The van der Waals surface area contributed by atoms with E-state index < -0.39 is 38.8 Å². The molecule has 624 valence electrons. The SMILES string of the molecule is C.CC1(C)OB(c2cccnc2Cl)OC1(C)C.CCC1N=c2ccc(-c3cccnc3Cl)cc2=N1.CCC1N=c2ccc(Br)cc2=N1.[Pd].c1ccc(P(c2ccccc2)c2ccccc2)cc1.c1ccc(P(c2ccccc2)c2ccccc2)cc1.c1ccc(P(c2ccccc2)c2ccccc2)cc1.c1ccc(P(c2ccccc2)c2ccccc2)cc1. The van der Waals surface area contributed by atoms with E-state index in [1.807, 2.05) is 88.4 Å². The van der Waals surface area contributed by atoms with Crippen molar-refractivity contribution in [1.82, 2.24) is 9.97 Å². The van der Waals surface area contributed by atoms with E-state index >= 15 is 0 Å². The Labute approximate surface area is 769 Å². The molecular weight excluding hydrogens is 1790 g/mol. The minimum atomic E-state index is -0.446. The Hall–Kier alpha value is -9.99. The van der Waals surface area contributed by atoms with E-state index in [0.717, 1.165) is 55.3 Å². The third-order valence-electron chi connectivity index (χ3n) is 20.3. The van der Waals surface area contributed by atoms with E-state index in [1.165, 1.54) is 63.7 Å². The molecule has 0 aliphatic carbocycles. The van der Waals surface area contributed by atoms with Crippen LogP contribution in [0.25, 0.3) is 11.1 Å². The Kier molecular flexibility index (Phi) is 37.0. The van der Waals surface area contributed by atoms with Crippen LogP contribution in [0.1, 0.15) is 61.8 Å². The maximum atomic E-state index is 6.10. The molecule has 3 aliphatic heterocycles. The number of rotatable bonds is 16. The molecule has 0 radical (unpaired) electrons. The van der Waals surface area contributed by atoms with Gasteiger partial charge in [0.2, 0.25) is 0 Å². The number of pyridine rings is 2. The van der Waals surface area contributed by atoms with E-state index in [1.54, 1.807) is 12.4 Å². The van der Waals surface area contributed by atoms with E-state index in [2.05, 4.69) is 424 Å². The number of nitrogens with zero attached hydrogens (tertiary/aromatic N) is 6. The molecule has 1 fully saturated rings. The van der Waals surface area contributed by atoms with Gasteiger partial charge in [0.15, 0.2) is 0 Å². The van der Waals surface area contributed by atoms with Gasteiger partial charge in [0, 0.05) is 48.3 Å². The van der Waals surface area contributed by atoms with Crippen LogP contribution in [0.3, 0.4) is 0 Å². The van der Waals surface area contributed by atoms with Crippen molar-refractivity contribution in [2.75, 3.05) is 0 Å². The van der Waals surface area contributed by atoms with Gasteiger partial charge >= 0.3 is 7.12 Å². The molecule has 0 spiro atoms. The summed E-state index contributed by atoms with van der Waals surface area (Å²) in [7, 11) is -2.22. The molecule has 5 heterocycles. The molecule has 2 unspecified atom stereocenters. The van der Waals surface area contributed by atoms with Gasteiger partial charge in [-0.2, -0.15) is 0 Å². The summed E-state index contributed by atoms with van der Waals surface area (Å²) >= 11 is 15.5. The van der Waals surface area contributed by atoms with Gasteiger partial charge in [0.1, 0.15) is 22.6 Å². The molecule has 17 heteroatoms. The van der Waals surface area contributed by atoms with Gasteiger partial charge in [-0.3, -0.25) is 20.0 Å². The maximum absolute atomic E-state index is 6.10. The predicted octanol–water partition coefficient (Wildman–Crippen LogP) is 20.3. The summed E-state index contributed by atoms with van der Waals surface area (Å²) in [4.78, 5) is 26.0. The molecule has 16 aromatic rings. The summed E-state index contributed by atoms with van der Waals surface area (Å²) in [6.45, 7) is 12.2. The molecule has 0 N–H and O–H groups in total. The smallest absolute Gasteiger partial charge is 0.399 e. The first-order valence-corrected chi connectivity index (χ1v) is 47.8. The van der Waals surface area contributed by atoms with E-state index in [9.17, 15) is 0 Å². The standard InChI is InChI=1S/4C18H15P.C14H12ClN3.C11H15BClNO2.C9H9BrN2.CH4.Pd/c4*1-4-10-16(11-5-1)19(17-12-6-2-7-13-17)18-14-8-3-9-15-18;1-2-13-17-11-6-5-9(8-12(11)18-13)10-4-3-7-16-14(10)15;1-10(2)11(3,4)16-12(15-10)8-6-5-7-14-9(8)13;1-2-9-11-7-4-3-6(10)5-8(7)12-9;;/h4*1-15H;3-8,13H,2H2,1H3;5-7H,1-4H3;3-5,9H,2H2,1H3;1H4;. The monoisotopic (exact) mass is 1890 g/mol. The molecule has 0 bridgehead atoms. The molecule has 2 aromatic heterocycles. The Morgan fingerprint density at radius 1 is 0.298 bits per heavy atom. The normalized spacial score (nSPS) is 13.7. The summed E-state index contributed by atoms with van der Waals surface area (Å²) in [5, 5.41) is 21.7. The number of fused-ring (bicyclic) bond motifs is 2. The van der Waals surface area contributed by atoms with Crippen LogP contribution in [-0.2, 0) is 29.7 Å². The fraction of sp³-hybridized carbons (Fsp3) is 0.121. The van der Waals surface area contributed by atoms with Crippen molar-refractivity contribution >= 4 is 147 Å². The topological polar surface area (TPSA) is 93.7 Å². The zero-order chi connectivity index (χ0) is 84.7. The fourth-order valence-electron chi connectivity index (χ4n) is 13.5. The van der Waals surface area contributed by atoms with Crippen LogP contribution in [0.15, 0.2) is 461 Å². The van der Waals surface area contributed by atoms with Gasteiger partial charge in [0.25, 0.3) is 0 Å². The molecule has 19 rings (SSSR count). The van der Waals surface area contributed by atoms with Crippen LogP contribution < -0.4 is 90.5 Å².